The van der Waals surface area contributed by atoms with E-state index < -0.39 is 0 Å². The van der Waals surface area contributed by atoms with Crippen LogP contribution < -0.4 is 10.5 Å². The molecule has 2 N–H and O–H groups in total. The summed E-state index contributed by atoms with van der Waals surface area (Å²) in [6.07, 6.45) is 0. The van der Waals surface area contributed by atoms with E-state index in [-0.39, 0.29) is 5.78 Å². The van der Waals surface area contributed by atoms with Gasteiger partial charge in [-0.15, -0.1) is 0 Å². The van der Waals surface area contributed by atoms with E-state index >= 15 is 0 Å². The van der Waals surface area contributed by atoms with Crippen LogP contribution in [0.25, 0.3) is 0 Å². The van der Waals surface area contributed by atoms with Gasteiger partial charge in [-0.1, -0.05) is 11.6 Å². The van der Waals surface area contributed by atoms with E-state index in [2.05, 4.69) is 15.9 Å². The van der Waals surface area contributed by atoms with Gasteiger partial charge in [-0.25, -0.2) is 0 Å². The Morgan fingerprint density at radius 2 is 2.00 bits per heavy atom. The number of benzene rings is 2. The van der Waals surface area contributed by atoms with Crippen molar-refractivity contribution < 1.29 is 9.53 Å². The molecule has 19 heavy (non-hydrogen) atoms. The first kappa shape index (κ1) is 13.9. The van der Waals surface area contributed by atoms with Gasteiger partial charge in [0.05, 0.1) is 4.47 Å². The number of halogens is 2. The highest BCUT2D eigenvalue weighted by Crippen LogP contribution is 2.32. The van der Waals surface area contributed by atoms with E-state index in [0.29, 0.717) is 27.8 Å². The number of anilines is 1. The predicted molar refractivity (Wildman–Crippen MR) is 80.1 cm³/mol. The fraction of sp³-hybridized carbons (Fsp3) is 0.0714. The predicted octanol–water partition coefficient (Wildman–Crippen LogP) is 4.68. The molecule has 0 bridgehead atoms. The number of hydrogen-bond acceptors (Lipinski definition) is 3. The van der Waals surface area contributed by atoms with Crippen molar-refractivity contribution >= 4 is 39.0 Å². The van der Waals surface area contributed by atoms with Crippen LogP contribution in [-0.2, 0) is 0 Å². The summed E-state index contributed by atoms with van der Waals surface area (Å²) in [5.41, 5.74) is 6.62. The Bertz CT molecular complexity index is 643. The normalized spacial score (nSPS) is 10.3. The van der Waals surface area contributed by atoms with Crippen LogP contribution in [0.1, 0.15) is 17.3 Å². The van der Waals surface area contributed by atoms with Gasteiger partial charge >= 0.3 is 0 Å². The molecule has 5 heteroatoms. The van der Waals surface area contributed by atoms with Crippen molar-refractivity contribution in [3.05, 3.63) is 51.5 Å². The Balaban J connectivity index is 2.33. The fourth-order valence-corrected chi connectivity index (χ4v) is 2.35. The zero-order chi connectivity index (χ0) is 14.0. The number of ketones is 1. The number of hydrogen-bond donors (Lipinski definition) is 1. The summed E-state index contributed by atoms with van der Waals surface area (Å²) in [4.78, 5) is 11.4. The lowest BCUT2D eigenvalue weighted by Gasteiger charge is -2.10. The summed E-state index contributed by atoms with van der Waals surface area (Å²) in [5, 5.41) is 0.612. The molecule has 3 nitrogen and oxygen atoms in total. The van der Waals surface area contributed by atoms with Crippen molar-refractivity contribution in [2.75, 3.05) is 5.73 Å². The van der Waals surface area contributed by atoms with Crippen LogP contribution >= 0.6 is 27.5 Å². The van der Waals surface area contributed by atoms with E-state index in [1.54, 1.807) is 36.4 Å². The van der Waals surface area contributed by atoms with E-state index in [4.69, 9.17) is 22.1 Å². The Morgan fingerprint density at radius 3 is 2.63 bits per heavy atom. The van der Waals surface area contributed by atoms with Crippen LogP contribution in [-0.4, -0.2) is 5.78 Å². The van der Waals surface area contributed by atoms with Gasteiger partial charge in [-0.3, -0.25) is 4.79 Å². The molecular formula is C14H11BrClNO2. The minimum Gasteiger partial charge on any atom is -0.456 e. The minimum atomic E-state index is -0.0990. The lowest BCUT2D eigenvalue weighted by Crippen LogP contribution is -1.99. The third-order valence-corrected chi connectivity index (χ3v) is 3.38. The highest BCUT2D eigenvalue weighted by atomic mass is 79.9. The third kappa shape index (κ3) is 3.28. The molecule has 2 rings (SSSR count). The monoisotopic (exact) mass is 339 g/mol. The van der Waals surface area contributed by atoms with Gasteiger partial charge in [-0.05, 0) is 59.3 Å². The molecule has 0 unspecified atom stereocenters. The molecule has 0 radical (unpaired) electrons. The van der Waals surface area contributed by atoms with Gasteiger partial charge in [0, 0.05) is 16.3 Å². The fourth-order valence-electron chi connectivity index (χ4n) is 1.59. The van der Waals surface area contributed by atoms with Gasteiger partial charge in [-0.2, -0.15) is 0 Å². The van der Waals surface area contributed by atoms with E-state index in [9.17, 15) is 4.79 Å². The van der Waals surface area contributed by atoms with Crippen LogP contribution in [0.4, 0.5) is 5.69 Å². The molecule has 0 aliphatic carbocycles. The maximum atomic E-state index is 11.4. The molecule has 0 amide bonds. The van der Waals surface area contributed by atoms with Crippen LogP contribution in [0.5, 0.6) is 11.5 Å². The summed E-state index contributed by atoms with van der Waals surface area (Å²) in [6, 6.07) is 10.2. The van der Waals surface area contributed by atoms with Crippen LogP contribution in [0, 0.1) is 0 Å². The van der Waals surface area contributed by atoms with Crippen molar-refractivity contribution in [3.63, 3.8) is 0 Å². The number of nitrogen functional groups attached to an aromatic ring is 1. The molecule has 0 atom stereocenters. The van der Waals surface area contributed by atoms with E-state index in [1.807, 2.05) is 0 Å². The van der Waals surface area contributed by atoms with Gasteiger partial charge in [0.2, 0.25) is 0 Å². The second kappa shape index (κ2) is 5.63. The first-order valence-corrected chi connectivity index (χ1v) is 6.68. The second-order valence-corrected chi connectivity index (χ2v) is 5.27. The Kier molecular flexibility index (Phi) is 4.12. The molecule has 0 spiro atoms. The maximum absolute atomic E-state index is 11.4. The summed E-state index contributed by atoms with van der Waals surface area (Å²) in [5.74, 6) is 1.06. The van der Waals surface area contributed by atoms with Crippen LogP contribution in [0.15, 0.2) is 40.9 Å². The largest absolute Gasteiger partial charge is 0.456 e. The Labute approximate surface area is 124 Å². The average molecular weight is 341 g/mol. The standard InChI is InChI=1S/C14H11BrClNO2/c1-8(18)11-7-10(3-4-13(11)17)19-14-5-2-9(16)6-12(14)15/h2-7H,17H2,1H3. The lowest BCUT2D eigenvalue weighted by molar-refractivity contribution is 0.101. The SMILES string of the molecule is CC(=O)c1cc(Oc2ccc(Cl)cc2Br)ccc1N. The molecular weight excluding hydrogens is 330 g/mol. The van der Waals surface area contributed by atoms with Gasteiger partial charge in [0.15, 0.2) is 5.78 Å². The molecule has 0 saturated heterocycles. The molecule has 0 fully saturated rings. The molecule has 0 aromatic heterocycles. The average Bonchev–Trinajstić information content (AvgIpc) is 2.34. The number of carbonyl (C=O) groups is 1. The molecule has 2 aromatic rings. The number of ether oxygens (including phenoxy) is 1. The molecule has 0 heterocycles. The number of nitrogens with two attached hydrogens (primary N) is 1. The number of rotatable bonds is 3. The van der Waals surface area contributed by atoms with Gasteiger partial charge in [0.1, 0.15) is 11.5 Å². The Morgan fingerprint density at radius 1 is 1.26 bits per heavy atom. The quantitative estimate of drug-likeness (QED) is 0.652. The first-order chi connectivity index (χ1) is 8.97. The molecule has 2 aromatic carbocycles. The van der Waals surface area contributed by atoms with Gasteiger partial charge < -0.3 is 10.5 Å². The number of carbonyl (C=O) groups excluding carboxylic acids is 1. The summed E-state index contributed by atoms with van der Waals surface area (Å²) in [7, 11) is 0. The Hall–Kier alpha value is -1.52. The topological polar surface area (TPSA) is 52.3 Å². The first-order valence-electron chi connectivity index (χ1n) is 5.51. The highest BCUT2D eigenvalue weighted by molar-refractivity contribution is 9.10. The lowest BCUT2D eigenvalue weighted by atomic mass is 10.1. The van der Waals surface area contributed by atoms with Crippen LogP contribution in [0.3, 0.4) is 0 Å². The zero-order valence-corrected chi connectivity index (χ0v) is 12.5. The summed E-state index contributed by atoms with van der Waals surface area (Å²) < 4.78 is 6.43. The number of Topliss-reactive ketones (excluding diaryl/α,β-unsaturated/α-hetero) is 1. The summed E-state index contributed by atoms with van der Waals surface area (Å²) >= 11 is 9.23. The maximum Gasteiger partial charge on any atom is 0.162 e. The molecule has 98 valence electrons. The van der Waals surface area contributed by atoms with E-state index in [1.165, 1.54) is 6.92 Å². The third-order valence-electron chi connectivity index (χ3n) is 2.53. The molecule has 0 aliphatic rings. The van der Waals surface area contributed by atoms with Crippen molar-refractivity contribution in [1.82, 2.24) is 0 Å². The summed E-state index contributed by atoms with van der Waals surface area (Å²) in [6.45, 7) is 1.47. The molecule has 0 aliphatic heterocycles. The van der Waals surface area contributed by atoms with Crippen LogP contribution in [0.2, 0.25) is 5.02 Å². The van der Waals surface area contributed by atoms with Crippen molar-refractivity contribution in [2.24, 2.45) is 0 Å². The van der Waals surface area contributed by atoms with Gasteiger partial charge in [0.25, 0.3) is 0 Å². The second-order valence-electron chi connectivity index (χ2n) is 3.98. The smallest absolute Gasteiger partial charge is 0.162 e. The molecule has 0 saturated carbocycles. The van der Waals surface area contributed by atoms with Crippen molar-refractivity contribution in [1.29, 1.82) is 0 Å². The minimum absolute atomic E-state index is 0.0990. The van der Waals surface area contributed by atoms with Crippen molar-refractivity contribution in [2.45, 2.75) is 6.92 Å². The zero-order valence-electron chi connectivity index (χ0n) is 10.1. The van der Waals surface area contributed by atoms with E-state index in [0.717, 1.165) is 4.47 Å². The van der Waals surface area contributed by atoms with Crippen molar-refractivity contribution in [3.8, 4) is 11.5 Å². The highest BCUT2D eigenvalue weighted by Gasteiger charge is 2.08.